The van der Waals surface area contributed by atoms with Crippen molar-refractivity contribution in [1.29, 1.82) is 0 Å². The fourth-order valence-corrected chi connectivity index (χ4v) is 3.24. The molecule has 20 heavy (non-hydrogen) atoms. The van der Waals surface area contributed by atoms with Gasteiger partial charge in [-0.05, 0) is 6.07 Å². The zero-order valence-electron chi connectivity index (χ0n) is 11.9. The molecule has 0 aromatic carbocycles. The number of hydrogen-bond acceptors (Lipinski definition) is 5. The Morgan fingerprint density at radius 2 is 2.15 bits per heavy atom. The molecule has 1 aromatic heterocycles. The summed E-state index contributed by atoms with van der Waals surface area (Å²) in [4.78, 5) is 2.18. The highest BCUT2D eigenvalue weighted by Crippen LogP contribution is 1.97. The van der Waals surface area contributed by atoms with Gasteiger partial charge in [0.2, 0.25) is 10.0 Å². The van der Waals surface area contributed by atoms with Crippen LogP contribution in [-0.2, 0) is 23.5 Å². The highest BCUT2D eigenvalue weighted by Gasteiger charge is 2.15. The molecule has 2 heterocycles. The van der Waals surface area contributed by atoms with Crippen molar-refractivity contribution in [2.24, 2.45) is 7.05 Å². The van der Waals surface area contributed by atoms with Crippen molar-refractivity contribution in [2.45, 2.75) is 6.42 Å². The lowest BCUT2D eigenvalue weighted by molar-refractivity contribution is 0.253. The second-order valence-corrected chi connectivity index (χ2v) is 6.96. The van der Waals surface area contributed by atoms with Gasteiger partial charge in [0.25, 0.3) is 0 Å². The van der Waals surface area contributed by atoms with E-state index in [4.69, 9.17) is 0 Å². The molecule has 114 valence electrons. The topological polar surface area (TPSA) is 79.3 Å². The highest BCUT2D eigenvalue weighted by atomic mass is 32.2. The third kappa shape index (κ3) is 5.20. The van der Waals surface area contributed by atoms with E-state index in [-0.39, 0.29) is 5.75 Å². The zero-order chi connectivity index (χ0) is 14.4. The minimum Gasteiger partial charge on any atom is -0.314 e. The molecule has 2 rings (SSSR count). The summed E-state index contributed by atoms with van der Waals surface area (Å²) in [5.74, 6) is 0.162. The van der Waals surface area contributed by atoms with Crippen LogP contribution in [0.2, 0.25) is 0 Å². The van der Waals surface area contributed by atoms with Crippen LogP contribution in [0.5, 0.6) is 0 Å². The molecule has 0 spiro atoms. The van der Waals surface area contributed by atoms with Crippen molar-refractivity contribution in [2.75, 3.05) is 45.0 Å². The van der Waals surface area contributed by atoms with Gasteiger partial charge in [0, 0.05) is 58.9 Å². The Hall–Kier alpha value is -0.960. The van der Waals surface area contributed by atoms with Crippen LogP contribution in [0.15, 0.2) is 12.3 Å². The van der Waals surface area contributed by atoms with Gasteiger partial charge >= 0.3 is 0 Å². The lowest BCUT2D eigenvalue weighted by Crippen LogP contribution is -2.46. The summed E-state index contributed by atoms with van der Waals surface area (Å²) in [5, 5.41) is 7.47. The molecule has 7 nitrogen and oxygen atoms in total. The molecular weight excluding hydrogens is 278 g/mol. The normalized spacial score (nSPS) is 17.4. The Bertz CT molecular complexity index is 508. The third-order valence-corrected chi connectivity index (χ3v) is 4.72. The first-order valence-corrected chi connectivity index (χ1v) is 8.59. The number of sulfonamides is 1. The van der Waals surface area contributed by atoms with Gasteiger partial charge in [-0.1, -0.05) is 0 Å². The molecule has 1 saturated heterocycles. The molecule has 0 amide bonds. The lowest BCUT2D eigenvalue weighted by Gasteiger charge is -2.26. The third-order valence-electron chi connectivity index (χ3n) is 3.36. The van der Waals surface area contributed by atoms with Gasteiger partial charge in [-0.25, -0.2) is 13.1 Å². The van der Waals surface area contributed by atoms with Crippen LogP contribution in [0.3, 0.4) is 0 Å². The molecule has 0 radical (unpaired) electrons. The quantitative estimate of drug-likeness (QED) is 0.660. The van der Waals surface area contributed by atoms with E-state index in [0.29, 0.717) is 19.5 Å². The van der Waals surface area contributed by atoms with E-state index < -0.39 is 10.0 Å². The highest BCUT2D eigenvalue weighted by molar-refractivity contribution is 7.89. The monoisotopic (exact) mass is 301 g/mol. The second kappa shape index (κ2) is 7.16. The van der Waals surface area contributed by atoms with E-state index >= 15 is 0 Å². The van der Waals surface area contributed by atoms with E-state index in [1.165, 1.54) is 0 Å². The summed E-state index contributed by atoms with van der Waals surface area (Å²) in [6.45, 7) is 4.72. The molecular formula is C12H23N5O2S. The van der Waals surface area contributed by atoms with Crippen LogP contribution in [0, 0.1) is 0 Å². The molecule has 8 heteroatoms. The maximum Gasteiger partial charge on any atom is 0.212 e. The molecule has 0 aliphatic carbocycles. The molecule has 1 fully saturated rings. The van der Waals surface area contributed by atoms with Gasteiger partial charge in [-0.3, -0.25) is 9.58 Å². The van der Waals surface area contributed by atoms with Crippen LogP contribution in [0.4, 0.5) is 0 Å². The van der Waals surface area contributed by atoms with Crippen LogP contribution in [-0.4, -0.2) is 68.1 Å². The average Bonchev–Trinajstić information content (AvgIpc) is 2.83. The second-order valence-electron chi connectivity index (χ2n) is 5.04. The van der Waals surface area contributed by atoms with Crippen LogP contribution >= 0.6 is 0 Å². The number of hydrogen-bond donors (Lipinski definition) is 2. The summed E-state index contributed by atoms with van der Waals surface area (Å²) in [6, 6.07) is 1.90. The molecule has 1 aliphatic rings. The lowest BCUT2D eigenvalue weighted by atomic mass is 10.3. The number of rotatable bonds is 7. The van der Waals surface area contributed by atoms with Gasteiger partial charge < -0.3 is 5.32 Å². The molecule has 0 unspecified atom stereocenters. The largest absolute Gasteiger partial charge is 0.314 e. The van der Waals surface area contributed by atoms with Crippen molar-refractivity contribution in [3.8, 4) is 0 Å². The van der Waals surface area contributed by atoms with Crippen LogP contribution < -0.4 is 10.0 Å². The van der Waals surface area contributed by atoms with Crippen LogP contribution in [0.1, 0.15) is 5.69 Å². The van der Waals surface area contributed by atoms with Crippen molar-refractivity contribution in [1.82, 2.24) is 24.7 Å². The standard InChI is InChI=1S/C12H23N5O2S/c1-16-7-3-12(15-16)2-4-14-20(18,19)11-10-17-8-5-13-6-9-17/h3,7,13-14H,2,4-6,8-11H2,1H3. The van der Waals surface area contributed by atoms with Crippen molar-refractivity contribution < 1.29 is 8.42 Å². The summed E-state index contributed by atoms with van der Waals surface area (Å²) in [6.07, 6.45) is 2.47. The first-order valence-electron chi connectivity index (χ1n) is 6.94. The summed E-state index contributed by atoms with van der Waals surface area (Å²) < 4.78 is 28.1. The van der Waals surface area contributed by atoms with Gasteiger partial charge in [0.05, 0.1) is 11.4 Å². The van der Waals surface area contributed by atoms with Crippen LogP contribution in [0.25, 0.3) is 0 Å². The van der Waals surface area contributed by atoms with Crippen molar-refractivity contribution >= 4 is 10.0 Å². The number of aryl methyl sites for hydroxylation is 1. The number of nitrogens with one attached hydrogen (secondary N) is 2. The Kier molecular flexibility index (Phi) is 5.53. The minimum absolute atomic E-state index is 0.162. The maximum atomic E-state index is 11.9. The van der Waals surface area contributed by atoms with Crippen molar-refractivity contribution in [3.05, 3.63) is 18.0 Å². The zero-order valence-corrected chi connectivity index (χ0v) is 12.7. The van der Waals surface area contributed by atoms with Gasteiger partial charge in [0.15, 0.2) is 0 Å². The Labute approximate surface area is 120 Å². The predicted molar refractivity (Wildman–Crippen MR) is 78.0 cm³/mol. The molecule has 0 saturated carbocycles. The summed E-state index contributed by atoms with van der Waals surface area (Å²) in [7, 11) is -1.34. The van der Waals surface area contributed by atoms with E-state index in [0.717, 1.165) is 31.9 Å². The first-order chi connectivity index (χ1) is 9.55. The summed E-state index contributed by atoms with van der Waals surface area (Å²) >= 11 is 0. The smallest absolute Gasteiger partial charge is 0.212 e. The van der Waals surface area contributed by atoms with Gasteiger partial charge in [-0.2, -0.15) is 5.10 Å². The molecule has 2 N–H and O–H groups in total. The Morgan fingerprint density at radius 1 is 1.40 bits per heavy atom. The first kappa shape index (κ1) is 15.4. The average molecular weight is 301 g/mol. The molecule has 0 atom stereocenters. The molecule has 0 bridgehead atoms. The molecule has 1 aliphatic heterocycles. The maximum absolute atomic E-state index is 11.9. The van der Waals surface area contributed by atoms with E-state index in [1.807, 2.05) is 19.3 Å². The molecule has 1 aromatic rings. The number of piperazine rings is 1. The van der Waals surface area contributed by atoms with Gasteiger partial charge in [-0.15, -0.1) is 0 Å². The number of nitrogens with zero attached hydrogens (tertiary/aromatic N) is 3. The predicted octanol–water partition coefficient (Wildman–Crippen LogP) is -1.21. The van der Waals surface area contributed by atoms with E-state index in [9.17, 15) is 8.42 Å². The van der Waals surface area contributed by atoms with Crippen molar-refractivity contribution in [3.63, 3.8) is 0 Å². The number of aromatic nitrogens is 2. The SMILES string of the molecule is Cn1ccc(CCNS(=O)(=O)CCN2CCNCC2)n1. The van der Waals surface area contributed by atoms with E-state index in [1.54, 1.807) is 4.68 Å². The fraction of sp³-hybridized carbons (Fsp3) is 0.750. The Balaban J connectivity index is 1.67. The van der Waals surface area contributed by atoms with E-state index in [2.05, 4.69) is 20.0 Å². The minimum atomic E-state index is -3.19. The Morgan fingerprint density at radius 3 is 2.80 bits per heavy atom. The fourth-order valence-electron chi connectivity index (χ4n) is 2.19. The summed E-state index contributed by atoms with van der Waals surface area (Å²) in [5.41, 5.74) is 0.900. The van der Waals surface area contributed by atoms with Gasteiger partial charge in [0.1, 0.15) is 0 Å².